The van der Waals surface area contributed by atoms with Crippen molar-refractivity contribution in [2.45, 2.75) is 66.0 Å². The van der Waals surface area contributed by atoms with E-state index < -0.39 is 11.7 Å². The van der Waals surface area contributed by atoms with E-state index in [1.165, 1.54) is 5.01 Å². The van der Waals surface area contributed by atoms with Gasteiger partial charge in [-0.1, -0.05) is 32.0 Å². The third-order valence-electron chi connectivity index (χ3n) is 4.69. The maximum atomic E-state index is 12.8. The summed E-state index contributed by atoms with van der Waals surface area (Å²) in [4.78, 5) is 37.4. The number of nitrogens with zero attached hydrogens (tertiary/aromatic N) is 1. The van der Waals surface area contributed by atoms with Crippen LogP contribution in [0.2, 0.25) is 0 Å². The van der Waals surface area contributed by atoms with Gasteiger partial charge in [-0.15, -0.1) is 0 Å². The quantitative estimate of drug-likeness (QED) is 0.774. The highest BCUT2D eigenvalue weighted by molar-refractivity contribution is 5.99. The lowest BCUT2D eigenvalue weighted by Gasteiger charge is -2.33. The van der Waals surface area contributed by atoms with E-state index in [4.69, 9.17) is 9.47 Å². The molecule has 2 atom stereocenters. The summed E-state index contributed by atoms with van der Waals surface area (Å²) in [6.07, 6.45) is 0.0725. The van der Waals surface area contributed by atoms with Gasteiger partial charge in [-0.2, -0.15) is 0 Å². The molecule has 0 unspecified atom stereocenters. The Labute approximate surface area is 166 Å². The van der Waals surface area contributed by atoms with Crippen molar-refractivity contribution in [2.24, 2.45) is 5.92 Å². The number of ether oxygens (including phenoxy) is 2. The van der Waals surface area contributed by atoms with Gasteiger partial charge in [0.2, 0.25) is 0 Å². The van der Waals surface area contributed by atoms with Crippen LogP contribution in [0.5, 0.6) is 0 Å². The number of hydrogen-bond acceptors (Lipinski definition) is 5. The largest absolute Gasteiger partial charge is 0.466 e. The second-order valence-corrected chi connectivity index (χ2v) is 7.94. The van der Waals surface area contributed by atoms with Crippen LogP contribution in [0.25, 0.3) is 0 Å². The molecule has 0 bridgehead atoms. The minimum atomic E-state index is -0.660. The lowest BCUT2D eigenvalue weighted by atomic mass is 9.81. The van der Waals surface area contributed by atoms with Crippen molar-refractivity contribution in [3.05, 3.63) is 34.9 Å². The molecule has 0 saturated carbocycles. The van der Waals surface area contributed by atoms with Gasteiger partial charge in [0.25, 0.3) is 5.91 Å². The molecule has 1 aromatic rings. The average Bonchev–Trinajstić information content (AvgIpc) is 2.60. The van der Waals surface area contributed by atoms with Crippen LogP contribution in [0.1, 0.15) is 75.4 Å². The number of fused-ring (bicyclic) bond motifs is 1. The number of nitrogens with one attached hydrogen (secondary N) is 1. The minimum absolute atomic E-state index is 0.159. The smallest absolute Gasteiger partial charge is 0.429 e. The highest BCUT2D eigenvalue weighted by atomic mass is 16.6. The van der Waals surface area contributed by atoms with Crippen LogP contribution in [0.3, 0.4) is 0 Å². The molecule has 2 amide bonds. The van der Waals surface area contributed by atoms with Gasteiger partial charge in [-0.25, -0.2) is 9.80 Å². The summed E-state index contributed by atoms with van der Waals surface area (Å²) < 4.78 is 10.5. The molecule has 154 valence electrons. The number of amides is 2. The fraction of sp³-hybridized carbons (Fsp3) is 0.571. The van der Waals surface area contributed by atoms with Gasteiger partial charge in [-0.05, 0) is 51.2 Å². The van der Waals surface area contributed by atoms with E-state index in [1.807, 2.05) is 32.0 Å². The molecule has 0 spiro atoms. The fourth-order valence-electron chi connectivity index (χ4n) is 3.43. The molecule has 0 radical (unpaired) electrons. The number of hydrazine groups is 1. The summed E-state index contributed by atoms with van der Waals surface area (Å²) in [5, 5.41) is 1.18. The van der Waals surface area contributed by atoms with Crippen molar-refractivity contribution in [1.29, 1.82) is 0 Å². The lowest BCUT2D eigenvalue weighted by molar-refractivity contribution is -0.148. The molecule has 1 aliphatic heterocycles. The van der Waals surface area contributed by atoms with Crippen molar-refractivity contribution in [3.63, 3.8) is 0 Å². The summed E-state index contributed by atoms with van der Waals surface area (Å²) in [5.41, 5.74) is 3.99. The van der Waals surface area contributed by atoms with Crippen LogP contribution in [0, 0.1) is 5.92 Å². The van der Waals surface area contributed by atoms with E-state index in [9.17, 15) is 14.4 Å². The number of hydrogen-bond donors (Lipinski definition) is 1. The summed E-state index contributed by atoms with van der Waals surface area (Å²) in [6.45, 7) is 11.4. The van der Waals surface area contributed by atoms with Crippen molar-refractivity contribution >= 4 is 18.0 Å². The molecule has 1 aromatic carbocycles. The SMILES string of the molecule is CCOC(=O)[C@@H](C)[C@@H](CC)c1cccc2c1C(=O)NN(C(=O)OC(C)(C)C)C2. The highest BCUT2D eigenvalue weighted by Crippen LogP contribution is 2.34. The molecule has 0 aliphatic carbocycles. The molecule has 2 rings (SSSR count). The second-order valence-electron chi connectivity index (χ2n) is 7.94. The van der Waals surface area contributed by atoms with Crippen molar-refractivity contribution < 1.29 is 23.9 Å². The van der Waals surface area contributed by atoms with Gasteiger partial charge >= 0.3 is 12.1 Å². The average molecular weight is 390 g/mol. The van der Waals surface area contributed by atoms with Gasteiger partial charge in [0.15, 0.2) is 0 Å². The Morgan fingerprint density at radius 3 is 2.50 bits per heavy atom. The standard InChI is InChI=1S/C21H30N2O5/c1-7-15(13(3)19(25)27-8-2)16-11-9-10-14-12-23(22-18(24)17(14)16)20(26)28-21(4,5)6/h9-11,13,15H,7-8,12H2,1-6H3,(H,22,24)/t13-,15+/m0/s1. The van der Waals surface area contributed by atoms with Gasteiger partial charge in [0, 0.05) is 5.56 Å². The minimum Gasteiger partial charge on any atom is -0.466 e. The lowest BCUT2D eigenvalue weighted by Crippen LogP contribution is -2.51. The molecular weight excluding hydrogens is 360 g/mol. The number of benzene rings is 1. The molecule has 28 heavy (non-hydrogen) atoms. The molecule has 1 aliphatic rings. The van der Waals surface area contributed by atoms with E-state index >= 15 is 0 Å². The van der Waals surface area contributed by atoms with Crippen molar-refractivity contribution in [3.8, 4) is 0 Å². The van der Waals surface area contributed by atoms with E-state index in [0.717, 1.165) is 11.1 Å². The highest BCUT2D eigenvalue weighted by Gasteiger charge is 2.34. The molecule has 1 N–H and O–H groups in total. The predicted molar refractivity (Wildman–Crippen MR) is 105 cm³/mol. The van der Waals surface area contributed by atoms with Crippen LogP contribution in [-0.4, -0.2) is 35.2 Å². The first kappa shape index (κ1) is 21.7. The summed E-state index contributed by atoms with van der Waals surface area (Å²) in [6, 6.07) is 5.53. The topological polar surface area (TPSA) is 84.9 Å². The number of rotatable bonds is 5. The summed E-state index contributed by atoms with van der Waals surface area (Å²) in [7, 11) is 0. The third-order valence-corrected chi connectivity index (χ3v) is 4.69. The molecule has 7 nitrogen and oxygen atoms in total. The van der Waals surface area contributed by atoms with Crippen LogP contribution in [0.15, 0.2) is 18.2 Å². The van der Waals surface area contributed by atoms with E-state index in [0.29, 0.717) is 18.6 Å². The Kier molecular flexibility index (Phi) is 6.69. The Bertz CT molecular complexity index is 754. The van der Waals surface area contributed by atoms with Gasteiger partial charge in [0.05, 0.1) is 19.1 Å². The summed E-state index contributed by atoms with van der Waals surface area (Å²) >= 11 is 0. The van der Waals surface area contributed by atoms with Gasteiger partial charge < -0.3 is 9.47 Å². The summed E-state index contributed by atoms with van der Waals surface area (Å²) in [5.74, 6) is -1.20. The molecule has 7 heteroatoms. The van der Waals surface area contributed by atoms with E-state index in [2.05, 4.69) is 5.43 Å². The Hall–Kier alpha value is -2.57. The number of esters is 1. The first-order valence-electron chi connectivity index (χ1n) is 9.68. The van der Waals surface area contributed by atoms with E-state index in [1.54, 1.807) is 27.7 Å². The van der Waals surface area contributed by atoms with Crippen molar-refractivity contribution in [2.75, 3.05) is 6.61 Å². The zero-order chi connectivity index (χ0) is 21.1. The Balaban J connectivity index is 2.34. The zero-order valence-electron chi connectivity index (χ0n) is 17.5. The zero-order valence-corrected chi connectivity index (χ0v) is 17.5. The maximum absolute atomic E-state index is 12.8. The second kappa shape index (κ2) is 8.63. The van der Waals surface area contributed by atoms with Gasteiger partial charge in [0.1, 0.15) is 5.60 Å². The Morgan fingerprint density at radius 2 is 1.93 bits per heavy atom. The van der Waals surface area contributed by atoms with Crippen LogP contribution < -0.4 is 5.43 Å². The van der Waals surface area contributed by atoms with Gasteiger partial charge in [-0.3, -0.25) is 15.0 Å². The monoisotopic (exact) mass is 390 g/mol. The Morgan fingerprint density at radius 1 is 1.25 bits per heavy atom. The van der Waals surface area contributed by atoms with Crippen molar-refractivity contribution in [1.82, 2.24) is 10.4 Å². The molecule has 0 aromatic heterocycles. The molecular formula is C21H30N2O5. The first-order valence-corrected chi connectivity index (χ1v) is 9.68. The first-order chi connectivity index (χ1) is 13.1. The third kappa shape index (κ3) is 4.82. The van der Waals surface area contributed by atoms with Crippen LogP contribution in [-0.2, 0) is 20.8 Å². The number of carbonyl (C=O) groups excluding carboxylic acids is 3. The van der Waals surface area contributed by atoms with Crippen LogP contribution >= 0.6 is 0 Å². The number of carbonyl (C=O) groups is 3. The molecule has 1 heterocycles. The fourth-order valence-corrected chi connectivity index (χ4v) is 3.43. The predicted octanol–water partition coefficient (Wildman–Crippen LogP) is 3.77. The molecule has 0 saturated heterocycles. The van der Waals surface area contributed by atoms with Crippen LogP contribution in [0.4, 0.5) is 4.79 Å². The maximum Gasteiger partial charge on any atom is 0.429 e. The van der Waals surface area contributed by atoms with E-state index in [-0.39, 0.29) is 30.3 Å². The normalized spacial score (nSPS) is 15.9. The molecule has 0 fully saturated rings.